The number of rotatable bonds is 3. The van der Waals surface area contributed by atoms with Crippen LogP contribution in [-0.2, 0) is 0 Å². The van der Waals surface area contributed by atoms with Crippen LogP contribution in [0.3, 0.4) is 0 Å². The zero-order valence-electron chi connectivity index (χ0n) is 10.2. The summed E-state index contributed by atoms with van der Waals surface area (Å²) in [6.45, 7) is 5.06. The first-order chi connectivity index (χ1) is 7.65. The van der Waals surface area contributed by atoms with E-state index in [4.69, 9.17) is 0 Å². The van der Waals surface area contributed by atoms with Gasteiger partial charge in [-0.2, -0.15) is 0 Å². The first-order valence-electron chi connectivity index (χ1n) is 6.19. The molecule has 0 aromatic heterocycles. The Hall–Kier alpha value is 0.400. The lowest BCUT2D eigenvalue weighted by molar-refractivity contribution is 0.165. The van der Waals surface area contributed by atoms with E-state index in [0.29, 0.717) is 22.5 Å². The molecule has 0 aromatic rings. The number of hydrogen-bond acceptors (Lipinski definition) is 3. The van der Waals surface area contributed by atoms with E-state index < -0.39 is 0 Å². The van der Waals surface area contributed by atoms with Crippen molar-refractivity contribution in [3.8, 4) is 0 Å². The Balaban J connectivity index is 2.16. The topological polar surface area (TPSA) is 20.2 Å². The minimum Gasteiger partial charge on any atom is -0.396 e. The van der Waals surface area contributed by atoms with Crippen LogP contribution >= 0.6 is 23.5 Å². The fraction of sp³-hybridized carbons (Fsp3) is 0.846. The van der Waals surface area contributed by atoms with E-state index >= 15 is 0 Å². The van der Waals surface area contributed by atoms with Crippen molar-refractivity contribution in [3.63, 3.8) is 0 Å². The highest BCUT2D eigenvalue weighted by molar-refractivity contribution is 8.20. The van der Waals surface area contributed by atoms with Crippen molar-refractivity contribution < 1.29 is 5.11 Å². The summed E-state index contributed by atoms with van der Waals surface area (Å²) in [5, 5.41) is 9.27. The Bertz CT molecular complexity index is 267. The summed E-state index contributed by atoms with van der Waals surface area (Å²) in [7, 11) is 0. The van der Waals surface area contributed by atoms with E-state index in [0.717, 1.165) is 6.42 Å². The van der Waals surface area contributed by atoms with Crippen LogP contribution in [0, 0.1) is 11.3 Å². The van der Waals surface area contributed by atoms with Gasteiger partial charge >= 0.3 is 0 Å². The molecule has 1 heterocycles. The van der Waals surface area contributed by atoms with Crippen LogP contribution in [0.25, 0.3) is 0 Å². The standard InChI is InChI=1S/C13H22OS2/c1-13(2)6-3-4-10(11(13)5-7-14)12-15-8-9-16-12/h4,11-12,14H,3,5-9H2,1-2H3. The summed E-state index contributed by atoms with van der Waals surface area (Å²) < 4.78 is 0.677. The van der Waals surface area contributed by atoms with E-state index in [2.05, 4.69) is 43.4 Å². The zero-order chi connectivity index (χ0) is 11.6. The van der Waals surface area contributed by atoms with Crippen molar-refractivity contribution in [1.82, 2.24) is 0 Å². The van der Waals surface area contributed by atoms with E-state index in [9.17, 15) is 5.11 Å². The molecule has 1 unspecified atom stereocenters. The van der Waals surface area contributed by atoms with Gasteiger partial charge < -0.3 is 5.11 Å². The van der Waals surface area contributed by atoms with Crippen LogP contribution in [0.4, 0.5) is 0 Å². The first-order valence-corrected chi connectivity index (χ1v) is 8.29. The summed E-state index contributed by atoms with van der Waals surface area (Å²) in [5.41, 5.74) is 1.99. The maximum Gasteiger partial charge on any atom is 0.0714 e. The van der Waals surface area contributed by atoms with Crippen LogP contribution in [0.15, 0.2) is 11.6 Å². The van der Waals surface area contributed by atoms with E-state index in [1.54, 1.807) is 5.57 Å². The Kier molecular flexibility index (Phi) is 4.31. The van der Waals surface area contributed by atoms with Crippen molar-refractivity contribution >= 4 is 23.5 Å². The molecule has 3 heteroatoms. The van der Waals surface area contributed by atoms with Crippen molar-refractivity contribution in [2.24, 2.45) is 11.3 Å². The molecule has 16 heavy (non-hydrogen) atoms. The molecule has 0 spiro atoms. The van der Waals surface area contributed by atoms with Crippen molar-refractivity contribution in [2.45, 2.75) is 37.7 Å². The van der Waals surface area contributed by atoms with Crippen molar-refractivity contribution in [3.05, 3.63) is 11.6 Å². The van der Waals surface area contributed by atoms with Gasteiger partial charge in [0.05, 0.1) is 4.58 Å². The smallest absolute Gasteiger partial charge is 0.0714 e. The molecule has 1 aliphatic carbocycles. The lowest BCUT2D eigenvalue weighted by atomic mass is 9.67. The van der Waals surface area contributed by atoms with Crippen LogP contribution in [0.2, 0.25) is 0 Å². The molecule has 0 radical (unpaired) electrons. The third kappa shape index (κ3) is 2.62. The zero-order valence-corrected chi connectivity index (χ0v) is 11.9. The molecule has 1 fully saturated rings. The molecule has 0 aromatic carbocycles. The highest BCUT2D eigenvalue weighted by atomic mass is 32.2. The average molecular weight is 258 g/mol. The van der Waals surface area contributed by atoms with Gasteiger partial charge in [0.1, 0.15) is 0 Å². The van der Waals surface area contributed by atoms with Gasteiger partial charge in [0, 0.05) is 18.1 Å². The number of allylic oxidation sites excluding steroid dienone is 1. The van der Waals surface area contributed by atoms with Gasteiger partial charge in [-0.25, -0.2) is 0 Å². The molecule has 1 N–H and O–H groups in total. The van der Waals surface area contributed by atoms with Gasteiger partial charge in [0.25, 0.3) is 0 Å². The van der Waals surface area contributed by atoms with E-state index in [1.807, 2.05) is 0 Å². The molecule has 0 amide bonds. The molecule has 2 aliphatic rings. The molecular weight excluding hydrogens is 236 g/mol. The fourth-order valence-corrected chi connectivity index (χ4v) is 5.94. The van der Waals surface area contributed by atoms with Crippen LogP contribution in [-0.4, -0.2) is 27.8 Å². The highest BCUT2D eigenvalue weighted by Crippen LogP contribution is 2.50. The third-order valence-corrected chi connectivity index (χ3v) is 6.93. The summed E-state index contributed by atoms with van der Waals surface area (Å²) in [5.74, 6) is 3.17. The minimum absolute atomic E-state index is 0.327. The van der Waals surface area contributed by atoms with Gasteiger partial charge in [-0.1, -0.05) is 19.9 Å². The Morgan fingerprint density at radius 1 is 1.38 bits per heavy atom. The first kappa shape index (κ1) is 12.8. The predicted molar refractivity (Wildman–Crippen MR) is 75.0 cm³/mol. The summed E-state index contributed by atoms with van der Waals surface area (Å²) in [4.78, 5) is 0. The van der Waals surface area contributed by atoms with Crippen molar-refractivity contribution in [2.75, 3.05) is 18.1 Å². The molecule has 2 rings (SSSR count). The number of aliphatic hydroxyl groups is 1. The lowest BCUT2D eigenvalue weighted by Gasteiger charge is -2.41. The molecule has 1 saturated heterocycles. The monoisotopic (exact) mass is 258 g/mol. The summed E-state index contributed by atoms with van der Waals surface area (Å²) in [6.07, 6.45) is 5.89. The van der Waals surface area contributed by atoms with Gasteiger partial charge in [-0.3, -0.25) is 0 Å². The highest BCUT2D eigenvalue weighted by Gasteiger charge is 2.38. The van der Waals surface area contributed by atoms with E-state index in [1.165, 1.54) is 24.3 Å². The van der Waals surface area contributed by atoms with Gasteiger partial charge in [0.15, 0.2) is 0 Å². The molecule has 1 atom stereocenters. The largest absolute Gasteiger partial charge is 0.396 e. The Labute approximate surface area is 107 Å². The maximum atomic E-state index is 9.27. The minimum atomic E-state index is 0.327. The summed E-state index contributed by atoms with van der Waals surface area (Å²) in [6, 6.07) is 0. The molecule has 1 nitrogen and oxygen atoms in total. The van der Waals surface area contributed by atoms with Gasteiger partial charge in [0.2, 0.25) is 0 Å². The normalized spacial score (nSPS) is 30.4. The predicted octanol–water partition coefficient (Wildman–Crippen LogP) is 3.54. The number of aliphatic hydroxyl groups excluding tert-OH is 1. The van der Waals surface area contributed by atoms with Crippen LogP contribution < -0.4 is 0 Å². The second-order valence-electron chi connectivity index (χ2n) is 5.37. The summed E-state index contributed by atoms with van der Waals surface area (Å²) >= 11 is 4.18. The van der Waals surface area contributed by atoms with Crippen molar-refractivity contribution in [1.29, 1.82) is 0 Å². The maximum absolute atomic E-state index is 9.27. The second-order valence-corrected chi connectivity index (χ2v) is 8.09. The number of hydrogen-bond donors (Lipinski definition) is 1. The molecule has 92 valence electrons. The fourth-order valence-electron chi connectivity index (χ4n) is 2.88. The molecular formula is C13H22OS2. The van der Waals surface area contributed by atoms with Gasteiger partial charge in [-0.15, -0.1) is 23.5 Å². The van der Waals surface area contributed by atoms with Crippen LogP contribution in [0.5, 0.6) is 0 Å². The average Bonchev–Trinajstić information content (AvgIpc) is 2.74. The Morgan fingerprint density at radius 2 is 2.06 bits per heavy atom. The number of thioether (sulfide) groups is 2. The molecule has 0 bridgehead atoms. The second kappa shape index (κ2) is 5.36. The molecule has 0 saturated carbocycles. The Morgan fingerprint density at radius 3 is 2.69 bits per heavy atom. The van der Waals surface area contributed by atoms with Gasteiger partial charge in [-0.05, 0) is 36.2 Å². The SMILES string of the molecule is CC1(C)CCC=C(C2SCCS2)C1CCO. The third-order valence-electron chi connectivity index (χ3n) is 3.83. The van der Waals surface area contributed by atoms with E-state index in [-0.39, 0.29) is 0 Å². The van der Waals surface area contributed by atoms with Crippen LogP contribution in [0.1, 0.15) is 33.1 Å². The lowest BCUT2D eigenvalue weighted by Crippen LogP contribution is -2.32. The molecule has 1 aliphatic heterocycles. The quantitative estimate of drug-likeness (QED) is 0.782.